The first-order chi connectivity index (χ1) is 17.2. The molecule has 36 heavy (non-hydrogen) atoms. The van der Waals surface area contributed by atoms with Crippen molar-refractivity contribution in [1.29, 1.82) is 0 Å². The van der Waals surface area contributed by atoms with Gasteiger partial charge in [-0.2, -0.15) is 0 Å². The molecule has 0 spiro atoms. The molecule has 0 fully saturated rings. The molecule has 0 aliphatic carbocycles. The van der Waals surface area contributed by atoms with Crippen LogP contribution in [-0.2, 0) is 25.6 Å². The van der Waals surface area contributed by atoms with Crippen LogP contribution < -0.4 is 4.74 Å². The lowest BCUT2D eigenvalue weighted by Gasteiger charge is -2.30. The number of esters is 2. The highest BCUT2D eigenvalue weighted by molar-refractivity contribution is 5.98. The van der Waals surface area contributed by atoms with Gasteiger partial charge in [-0.3, -0.25) is 10.1 Å². The third-order valence-corrected chi connectivity index (χ3v) is 5.36. The summed E-state index contributed by atoms with van der Waals surface area (Å²) in [6, 6.07) is 8.07. The van der Waals surface area contributed by atoms with E-state index < -0.39 is 40.0 Å². The van der Waals surface area contributed by atoms with Crippen molar-refractivity contribution in [1.82, 2.24) is 4.90 Å². The Morgan fingerprint density at radius 2 is 1.61 bits per heavy atom. The van der Waals surface area contributed by atoms with E-state index in [1.54, 1.807) is 30.9 Å². The summed E-state index contributed by atoms with van der Waals surface area (Å²) >= 11 is 0. The highest BCUT2D eigenvalue weighted by Gasteiger charge is 2.37. The van der Waals surface area contributed by atoms with E-state index in [1.807, 2.05) is 0 Å². The number of ether oxygens (including phenoxy) is 3. The summed E-state index contributed by atoms with van der Waals surface area (Å²) < 4.78 is 28.9. The highest BCUT2D eigenvalue weighted by Crippen LogP contribution is 2.44. The molecule has 10 nitrogen and oxygen atoms in total. The van der Waals surface area contributed by atoms with Crippen molar-refractivity contribution >= 4 is 17.6 Å². The first-order valence-electron chi connectivity index (χ1n) is 11.0. The van der Waals surface area contributed by atoms with Crippen LogP contribution >= 0.6 is 0 Å². The summed E-state index contributed by atoms with van der Waals surface area (Å²) in [4.78, 5) is 38.4. The van der Waals surface area contributed by atoms with Gasteiger partial charge in [0.1, 0.15) is 5.82 Å². The number of phenols is 1. The van der Waals surface area contributed by atoms with Crippen LogP contribution in [0.15, 0.2) is 59.9 Å². The highest BCUT2D eigenvalue weighted by atomic mass is 19.1. The maximum Gasteiger partial charge on any atom is 0.336 e. The zero-order valence-corrected chi connectivity index (χ0v) is 19.9. The molecule has 0 atom stereocenters. The van der Waals surface area contributed by atoms with Gasteiger partial charge in [-0.25, -0.2) is 14.0 Å². The number of nitrogens with zero attached hydrogens (tertiary/aromatic N) is 2. The molecule has 0 bridgehead atoms. The van der Waals surface area contributed by atoms with Crippen molar-refractivity contribution in [3.05, 3.63) is 87.0 Å². The Kier molecular flexibility index (Phi) is 8.26. The van der Waals surface area contributed by atoms with E-state index in [0.29, 0.717) is 5.56 Å². The maximum absolute atomic E-state index is 13.4. The molecule has 11 heteroatoms. The Balaban J connectivity index is 2.20. The second-order valence-electron chi connectivity index (χ2n) is 7.69. The van der Waals surface area contributed by atoms with Crippen molar-refractivity contribution in [2.75, 3.05) is 20.3 Å². The van der Waals surface area contributed by atoms with E-state index in [9.17, 15) is 29.2 Å². The lowest BCUT2D eigenvalue weighted by Crippen LogP contribution is -2.29. The Hall–Kier alpha value is -4.41. The summed E-state index contributed by atoms with van der Waals surface area (Å²) in [5.74, 6) is -3.94. The zero-order chi connectivity index (χ0) is 26.4. The average Bonchev–Trinajstić information content (AvgIpc) is 2.85. The summed E-state index contributed by atoms with van der Waals surface area (Å²) in [6.07, 6.45) is 2.92. The number of benzene rings is 2. The van der Waals surface area contributed by atoms with Crippen molar-refractivity contribution in [3.8, 4) is 11.5 Å². The summed E-state index contributed by atoms with van der Waals surface area (Å²) in [7, 11) is 1.22. The van der Waals surface area contributed by atoms with E-state index in [2.05, 4.69) is 0 Å². The van der Waals surface area contributed by atoms with Gasteiger partial charge >= 0.3 is 17.6 Å². The standard InChI is InChI=1S/C25H25FN2O8/c1-4-35-24(30)18-13-27(12-15-6-8-17(26)9-7-15)14-19(25(31)36-5-2)22(18)16-10-20(28(32)33)23(29)21(11-16)34-3/h6-11,13-14,22,29H,4-5,12H2,1-3H3. The molecule has 0 unspecified atom stereocenters. The van der Waals surface area contributed by atoms with Crippen LogP contribution in [0.1, 0.15) is 30.9 Å². The third kappa shape index (κ3) is 5.62. The number of nitro benzene ring substituents is 1. The fourth-order valence-electron chi connectivity index (χ4n) is 3.81. The van der Waals surface area contributed by atoms with Crippen LogP contribution in [0.2, 0.25) is 0 Å². The topological polar surface area (TPSA) is 128 Å². The van der Waals surface area contributed by atoms with Crippen LogP contribution in [-0.4, -0.2) is 47.2 Å². The number of aromatic hydroxyl groups is 1. The van der Waals surface area contributed by atoms with Crippen LogP contribution in [0.5, 0.6) is 11.5 Å². The number of carbonyl (C=O) groups is 2. The van der Waals surface area contributed by atoms with Crippen molar-refractivity contribution in [3.63, 3.8) is 0 Å². The first-order valence-corrected chi connectivity index (χ1v) is 11.0. The molecule has 2 aromatic carbocycles. The largest absolute Gasteiger partial charge is 0.500 e. The fraction of sp³-hybridized carbons (Fsp3) is 0.280. The van der Waals surface area contributed by atoms with E-state index in [1.165, 1.54) is 37.7 Å². The van der Waals surface area contributed by atoms with Gasteiger partial charge in [0.2, 0.25) is 5.75 Å². The van der Waals surface area contributed by atoms with Crippen LogP contribution in [0.3, 0.4) is 0 Å². The van der Waals surface area contributed by atoms with Gasteiger partial charge in [-0.1, -0.05) is 12.1 Å². The summed E-state index contributed by atoms with van der Waals surface area (Å²) in [6.45, 7) is 3.49. The molecular weight excluding hydrogens is 475 g/mol. The zero-order valence-electron chi connectivity index (χ0n) is 19.9. The second kappa shape index (κ2) is 11.3. The van der Waals surface area contributed by atoms with E-state index >= 15 is 0 Å². The molecule has 3 rings (SSSR count). The molecule has 0 amide bonds. The number of carbonyl (C=O) groups excluding carboxylic acids is 2. The van der Waals surface area contributed by atoms with Crippen molar-refractivity contribution in [2.24, 2.45) is 0 Å². The second-order valence-corrected chi connectivity index (χ2v) is 7.69. The van der Waals surface area contributed by atoms with E-state index in [0.717, 1.165) is 6.07 Å². The number of nitro groups is 1. The van der Waals surface area contributed by atoms with Crippen LogP contribution in [0.4, 0.5) is 10.1 Å². The van der Waals surface area contributed by atoms with Crippen LogP contribution in [0.25, 0.3) is 0 Å². The molecule has 0 saturated heterocycles. The number of hydrogen-bond donors (Lipinski definition) is 1. The third-order valence-electron chi connectivity index (χ3n) is 5.36. The van der Waals surface area contributed by atoms with Crippen LogP contribution in [0, 0.1) is 15.9 Å². The van der Waals surface area contributed by atoms with Gasteiger partial charge in [0.25, 0.3) is 0 Å². The number of halogens is 1. The molecule has 1 N–H and O–H groups in total. The van der Waals surface area contributed by atoms with Gasteiger partial charge in [0.15, 0.2) is 5.75 Å². The number of phenolic OH excluding ortho intramolecular Hbond substituents is 1. The minimum absolute atomic E-state index is 0.00607. The minimum atomic E-state index is -1.12. The Morgan fingerprint density at radius 1 is 1.06 bits per heavy atom. The number of hydrogen-bond acceptors (Lipinski definition) is 9. The number of methoxy groups -OCH3 is 1. The predicted molar refractivity (Wildman–Crippen MR) is 125 cm³/mol. The van der Waals surface area contributed by atoms with Gasteiger partial charge in [-0.05, 0) is 43.2 Å². The quantitative estimate of drug-likeness (QED) is 0.309. The lowest BCUT2D eigenvalue weighted by molar-refractivity contribution is -0.386. The van der Waals surface area contributed by atoms with Gasteiger partial charge in [0.05, 0.1) is 42.3 Å². The summed E-state index contributed by atoms with van der Waals surface area (Å²) in [5.41, 5.74) is 0.176. The smallest absolute Gasteiger partial charge is 0.336 e. The molecule has 1 aliphatic rings. The van der Waals surface area contributed by atoms with E-state index in [-0.39, 0.29) is 42.2 Å². The number of rotatable bonds is 9. The Labute approximate surface area is 206 Å². The maximum atomic E-state index is 13.4. The SMILES string of the molecule is CCOC(=O)C1=CN(Cc2ccc(F)cc2)C=C(C(=O)OCC)C1c1cc(OC)c(O)c([N+](=O)[O-])c1. The lowest BCUT2D eigenvalue weighted by atomic mass is 9.82. The van der Waals surface area contributed by atoms with Gasteiger partial charge in [0, 0.05) is 25.0 Å². The monoisotopic (exact) mass is 500 g/mol. The van der Waals surface area contributed by atoms with Gasteiger partial charge in [-0.15, -0.1) is 0 Å². The molecule has 2 aromatic rings. The van der Waals surface area contributed by atoms with E-state index in [4.69, 9.17) is 14.2 Å². The molecule has 0 aromatic heterocycles. The molecule has 0 saturated carbocycles. The normalized spacial score (nSPS) is 13.5. The molecule has 0 radical (unpaired) electrons. The first kappa shape index (κ1) is 26.2. The predicted octanol–water partition coefficient (Wildman–Crippen LogP) is 3.94. The minimum Gasteiger partial charge on any atom is -0.500 e. The molecular formula is C25H25FN2O8. The molecule has 1 aliphatic heterocycles. The van der Waals surface area contributed by atoms with Crippen molar-refractivity contribution < 1.29 is 38.2 Å². The summed E-state index contributed by atoms with van der Waals surface area (Å²) in [5, 5.41) is 21.8. The molecule has 1 heterocycles. The Morgan fingerprint density at radius 3 is 2.08 bits per heavy atom. The Bertz CT molecular complexity index is 1190. The average molecular weight is 500 g/mol. The van der Waals surface area contributed by atoms with Gasteiger partial charge < -0.3 is 24.2 Å². The molecule has 190 valence electrons. The fourth-order valence-corrected chi connectivity index (χ4v) is 3.81. The van der Waals surface area contributed by atoms with Crippen molar-refractivity contribution in [2.45, 2.75) is 26.3 Å².